The summed E-state index contributed by atoms with van der Waals surface area (Å²) in [6.45, 7) is 2.73. The molecular formula is C21H22N6O2. The minimum Gasteiger partial charge on any atom is -0.340 e. The molecule has 1 amide bonds. The third kappa shape index (κ3) is 3.93. The van der Waals surface area contributed by atoms with Crippen molar-refractivity contribution in [3.8, 4) is 11.6 Å². The first-order chi connectivity index (χ1) is 14.0. The lowest BCUT2D eigenvalue weighted by Gasteiger charge is -2.17. The number of rotatable bonds is 4. The van der Waals surface area contributed by atoms with E-state index in [-0.39, 0.29) is 35.7 Å². The number of hydrogen-bond donors (Lipinski definition) is 2. The van der Waals surface area contributed by atoms with Crippen molar-refractivity contribution in [3.05, 3.63) is 76.0 Å². The number of nitrogens with zero attached hydrogens (tertiary/aromatic N) is 4. The van der Waals surface area contributed by atoms with E-state index in [1.165, 1.54) is 0 Å². The lowest BCUT2D eigenvalue weighted by molar-refractivity contribution is -0.129. The molecule has 0 radical (unpaired) electrons. The fraction of sp³-hybridized carbons (Fsp3) is 0.286. The minimum absolute atomic E-state index is 0.0156. The summed E-state index contributed by atoms with van der Waals surface area (Å²) in [6, 6.07) is 11.5. The number of likely N-dealkylation sites (tertiary alicyclic amines) is 1. The maximum atomic E-state index is 12.9. The van der Waals surface area contributed by atoms with Gasteiger partial charge in [-0.2, -0.15) is 0 Å². The van der Waals surface area contributed by atoms with Crippen molar-refractivity contribution >= 4 is 5.91 Å². The van der Waals surface area contributed by atoms with Gasteiger partial charge in [-0.15, -0.1) is 0 Å². The van der Waals surface area contributed by atoms with E-state index in [4.69, 9.17) is 5.73 Å². The van der Waals surface area contributed by atoms with Crippen LogP contribution in [0.1, 0.15) is 22.7 Å². The average Bonchev–Trinajstić information content (AvgIpc) is 3.13. The second-order valence-corrected chi connectivity index (χ2v) is 7.21. The molecule has 1 saturated heterocycles. The lowest BCUT2D eigenvalue weighted by Crippen LogP contribution is -2.34. The predicted octanol–water partition coefficient (Wildman–Crippen LogP) is 1.03. The number of H-pyrrole nitrogens is 1. The standard InChI is InChI=1S/C21H22N6O2/c1-13-15(21(29)26-20(25-13)19-23-8-5-9-24-19)10-18(28)27-11-16(17(22)12-27)14-6-3-2-4-7-14/h2-9,16-17H,10-12,22H2,1H3,(H,25,26,29)/t16-,17+/m0/s1. The highest BCUT2D eigenvalue weighted by atomic mass is 16.2. The molecule has 1 aliphatic heterocycles. The summed E-state index contributed by atoms with van der Waals surface area (Å²) in [5.74, 6) is 0.590. The molecule has 148 valence electrons. The Kier molecular flexibility index (Phi) is 5.18. The molecule has 0 spiro atoms. The van der Waals surface area contributed by atoms with Gasteiger partial charge in [0.05, 0.1) is 6.42 Å². The minimum atomic E-state index is -0.351. The second-order valence-electron chi connectivity index (χ2n) is 7.21. The quantitative estimate of drug-likeness (QED) is 0.687. The summed E-state index contributed by atoms with van der Waals surface area (Å²) in [5, 5.41) is 0. The van der Waals surface area contributed by atoms with Gasteiger partial charge in [0, 0.05) is 48.7 Å². The number of aromatic amines is 1. The van der Waals surface area contributed by atoms with Crippen LogP contribution in [0.3, 0.4) is 0 Å². The molecule has 8 heteroatoms. The van der Waals surface area contributed by atoms with Gasteiger partial charge >= 0.3 is 0 Å². The summed E-state index contributed by atoms with van der Waals surface area (Å²) in [7, 11) is 0. The average molecular weight is 390 g/mol. The van der Waals surface area contributed by atoms with Crippen molar-refractivity contribution in [1.29, 1.82) is 0 Å². The smallest absolute Gasteiger partial charge is 0.255 e. The van der Waals surface area contributed by atoms with E-state index in [1.807, 2.05) is 30.3 Å². The number of nitrogens with two attached hydrogens (primary N) is 1. The van der Waals surface area contributed by atoms with Crippen LogP contribution in [0.4, 0.5) is 0 Å². The zero-order chi connectivity index (χ0) is 20.4. The first-order valence-corrected chi connectivity index (χ1v) is 9.48. The highest BCUT2D eigenvalue weighted by Crippen LogP contribution is 2.26. The zero-order valence-electron chi connectivity index (χ0n) is 16.1. The number of nitrogens with one attached hydrogen (secondary N) is 1. The van der Waals surface area contributed by atoms with Crippen molar-refractivity contribution in [3.63, 3.8) is 0 Å². The van der Waals surface area contributed by atoms with Gasteiger partial charge in [-0.1, -0.05) is 30.3 Å². The third-order valence-corrected chi connectivity index (χ3v) is 5.27. The topological polar surface area (TPSA) is 118 Å². The molecule has 1 aliphatic rings. The van der Waals surface area contributed by atoms with Crippen molar-refractivity contribution in [2.45, 2.75) is 25.3 Å². The van der Waals surface area contributed by atoms with Crippen LogP contribution in [0, 0.1) is 6.92 Å². The number of amides is 1. The van der Waals surface area contributed by atoms with Crippen molar-refractivity contribution in [1.82, 2.24) is 24.8 Å². The number of benzene rings is 1. The van der Waals surface area contributed by atoms with E-state index in [9.17, 15) is 9.59 Å². The summed E-state index contributed by atoms with van der Waals surface area (Å²) in [5.41, 5.74) is 7.91. The van der Waals surface area contributed by atoms with Crippen molar-refractivity contribution in [2.24, 2.45) is 5.73 Å². The Morgan fingerprint density at radius 2 is 1.90 bits per heavy atom. The fourth-order valence-electron chi connectivity index (χ4n) is 3.69. The van der Waals surface area contributed by atoms with Crippen molar-refractivity contribution < 1.29 is 4.79 Å². The number of carbonyl (C=O) groups excluding carboxylic acids is 1. The van der Waals surface area contributed by atoms with Gasteiger partial charge in [0.25, 0.3) is 5.56 Å². The predicted molar refractivity (Wildman–Crippen MR) is 108 cm³/mol. The van der Waals surface area contributed by atoms with Crippen LogP contribution in [0.15, 0.2) is 53.6 Å². The molecule has 0 saturated carbocycles. The van der Waals surface area contributed by atoms with Gasteiger partial charge in [-0.3, -0.25) is 9.59 Å². The highest BCUT2D eigenvalue weighted by molar-refractivity contribution is 5.79. The van der Waals surface area contributed by atoms with E-state index in [0.29, 0.717) is 30.2 Å². The second kappa shape index (κ2) is 7.92. The van der Waals surface area contributed by atoms with Gasteiger partial charge in [-0.25, -0.2) is 15.0 Å². The molecule has 0 aliphatic carbocycles. The van der Waals surface area contributed by atoms with Crippen LogP contribution in [0.25, 0.3) is 11.6 Å². The first kappa shape index (κ1) is 18.9. The Morgan fingerprint density at radius 3 is 2.59 bits per heavy atom. The molecule has 3 heterocycles. The number of aromatic nitrogens is 4. The molecule has 8 nitrogen and oxygen atoms in total. The molecule has 3 aromatic rings. The van der Waals surface area contributed by atoms with Crippen LogP contribution in [0.5, 0.6) is 0 Å². The molecule has 0 bridgehead atoms. The molecule has 2 aromatic heterocycles. The van der Waals surface area contributed by atoms with E-state index in [2.05, 4.69) is 19.9 Å². The number of hydrogen-bond acceptors (Lipinski definition) is 6. The SMILES string of the molecule is Cc1nc(-c2ncccn2)[nH]c(=O)c1CC(=O)N1C[C@@H](N)[C@H](c2ccccc2)C1. The number of carbonyl (C=O) groups is 1. The van der Waals surface area contributed by atoms with Crippen LogP contribution >= 0.6 is 0 Å². The van der Waals surface area contributed by atoms with Crippen LogP contribution in [-0.4, -0.2) is 49.9 Å². The molecule has 3 N–H and O–H groups in total. The summed E-state index contributed by atoms with van der Waals surface area (Å²) < 4.78 is 0. The molecule has 1 aromatic carbocycles. The zero-order valence-corrected chi connectivity index (χ0v) is 16.1. The molecule has 4 rings (SSSR count). The van der Waals surface area contributed by atoms with Crippen LogP contribution in [-0.2, 0) is 11.2 Å². The monoisotopic (exact) mass is 390 g/mol. The maximum Gasteiger partial charge on any atom is 0.255 e. The largest absolute Gasteiger partial charge is 0.340 e. The summed E-state index contributed by atoms with van der Waals surface area (Å²) >= 11 is 0. The third-order valence-electron chi connectivity index (χ3n) is 5.27. The van der Waals surface area contributed by atoms with E-state index in [1.54, 1.807) is 30.3 Å². The van der Waals surface area contributed by atoms with Gasteiger partial charge < -0.3 is 15.6 Å². The Labute approximate surface area is 167 Å². The molecular weight excluding hydrogens is 368 g/mol. The van der Waals surface area contributed by atoms with Gasteiger partial charge in [0.1, 0.15) is 0 Å². The van der Waals surface area contributed by atoms with E-state index >= 15 is 0 Å². The first-order valence-electron chi connectivity index (χ1n) is 9.48. The molecule has 1 fully saturated rings. The highest BCUT2D eigenvalue weighted by Gasteiger charge is 2.34. The Morgan fingerprint density at radius 1 is 1.17 bits per heavy atom. The Bertz CT molecular complexity index is 1070. The number of aryl methyl sites for hydroxylation is 1. The molecule has 29 heavy (non-hydrogen) atoms. The van der Waals surface area contributed by atoms with Crippen LogP contribution in [0.2, 0.25) is 0 Å². The Hall–Kier alpha value is -3.39. The van der Waals surface area contributed by atoms with Gasteiger partial charge in [0.2, 0.25) is 5.91 Å². The Balaban J connectivity index is 1.51. The van der Waals surface area contributed by atoms with Gasteiger partial charge in [0.15, 0.2) is 11.6 Å². The molecule has 0 unspecified atom stereocenters. The normalized spacial score (nSPS) is 18.8. The summed E-state index contributed by atoms with van der Waals surface area (Å²) in [4.78, 5) is 42.4. The van der Waals surface area contributed by atoms with Crippen LogP contribution < -0.4 is 11.3 Å². The fourth-order valence-corrected chi connectivity index (χ4v) is 3.69. The lowest BCUT2D eigenvalue weighted by atomic mass is 9.95. The van der Waals surface area contributed by atoms with E-state index < -0.39 is 0 Å². The van der Waals surface area contributed by atoms with E-state index in [0.717, 1.165) is 5.56 Å². The summed E-state index contributed by atoms with van der Waals surface area (Å²) in [6.07, 6.45) is 3.14. The van der Waals surface area contributed by atoms with Crippen molar-refractivity contribution in [2.75, 3.05) is 13.1 Å². The van der Waals surface area contributed by atoms with Gasteiger partial charge in [-0.05, 0) is 18.6 Å². The molecule has 2 atom stereocenters. The maximum absolute atomic E-state index is 12.9.